The molecule has 5 nitrogen and oxygen atoms in total. The molecule has 0 aliphatic heterocycles. The number of fused-ring (bicyclic) bond motifs is 13. The zero-order valence-electron chi connectivity index (χ0n) is 28.4. The van der Waals surface area contributed by atoms with E-state index in [4.69, 9.17) is 14.4 Å². The van der Waals surface area contributed by atoms with Crippen LogP contribution in [0.1, 0.15) is 0 Å². The molecule has 0 bridgehead atoms. The van der Waals surface area contributed by atoms with E-state index >= 15 is 0 Å². The summed E-state index contributed by atoms with van der Waals surface area (Å²) in [7, 11) is 0. The van der Waals surface area contributed by atoms with Crippen LogP contribution in [0.3, 0.4) is 0 Å². The highest BCUT2D eigenvalue weighted by molar-refractivity contribution is 6.26. The first kappa shape index (κ1) is 28.5. The number of rotatable bonds is 3. The molecule has 5 heteroatoms. The van der Waals surface area contributed by atoms with Gasteiger partial charge in [-0.1, -0.05) is 121 Å². The Bertz CT molecular complexity index is 3410. The van der Waals surface area contributed by atoms with Gasteiger partial charge < -0.3 is 8.98 Å². The standard InChI is InChI=1S/C48H28N4O/c1-2-14-30(15-3-1)45-48(49-36-27-25-29-13-4-5-16-31(29)46(36)50-45)52-40-23-12-22-39(51-37-20-9-6-17-32(37)33-18-7-10-21-38(33)51)43(40)35-26-28-42-44(47(35)52)34-19-8-11-24-41(34)53-42/h1-28H. The maximum absolute atomic E-state index is 6.54. The molecule has 246 valence electrons. The van der Waals surface area contributed by atoms with Gasteiger partial charge in [-0.15, -0.1) is 0 Å². The first-order valence-electron chi connectivity index (χ1n) is 17.9. The zero-order chi connectivity index (χ0) is 34.6. The van der Waals surface area contributed by atoms with Crippen molar-refractivity contribution in [2.24, 2.45) is 0 Å². The van der Waals surface area contributed by atoms with Gasteiger partial charge in [-0.25, -0.2) is 9.97 Å². The number of aromatic nitrogens is 4. The minimum Gasteiger partial charge on any atom is -0.456 e. The van der Waals surface area contributed by atoms with E-state index in [1.807, 2.05) is 18.2 Å². The highest BCUT2D eigenvalue weighted by Gasteiger charge is 2.26. The molecule has 0 unspecified atom stereocenters. The maximum Gasteiger partial charge on any atom is 0.165 e. The van der Waals surface area contributed by atoms with E-state index < -0.39 is 0 Å². The molecule has 0 saturated carbocycles. The van der Waals surface area contributed by atoms with Gasteiger partial charge in [0.05, 0.1) is 44.2 Å². The third-order valence-electron chi connectivity index (χ3n) is 10.9. The van der Waals surface area contributed by atoms with Crippen LogP contribution in [0.4, 0.5) is 0 Å². The van der Waals surface area contributed by atoms with E-state index in [1.54, 1.807) is 0 Å². The van der Waals surface area contributed by atoms with Crippen molar-refractivity contribution in [2.45, 2.75) is 0 Å². The quantitative estimate of drug-likeness (QED) is 0.175. The second-order valence-corrected chi connectivity index (χ2v) is 13.7. The van der Waals surface area contributed by atoms with Gasteiger partial charge in [-0.2, -0.15) is 0 Å². The summed E-state index contributed by atoms with van der Waals surface area (Å²) in [5, 5.41) is 9.06. The van der Waals surface area contributed by atoms with Crippen LogP contribution in [0.2, 0.25) is 0 Å². The number of para-hydroxylation sites is 3. The first-order chi connectivity index (χ1) is 26.3. The van der Waals surface area contributed by atoms with Crippen LogP contribution in [-0.4, -0.2) is 19.1 Å². The van der Waals surface area contributed by atoms with Crippen LogP contribution < -0.4 is 0 Å². The van der Waals surface area contributed by atoms with Gasteiger partial charge in [0.1, 0.15) is 16.9 Å². The monoisotopic (exact) mass is 676 g/mol. The molecule has 0 fully saturated rings. The van der Waals surface area contributed by atoms with Crippen molar-refractivity contribution in [3.8, 4) is 22.8 Å². The summed E-state index contributed by atoms with van der Waals surface area (Å²) in [6.07, 6.45) is 0. The Morgan fingerprint density at radius 1 is 0.415 bits per heavy atom. The summed E-state index contributed by atoms with van der Waals surface area (Å²) >= 11 is 0. The van der Waals surface area contributed by atoms with E-state index in [9.17, 15) is 0 Å². The predicted octanol–water partition coefficient (Wildman–Crippen LogP) is 12.5. The van der Waals surface area contributed by atoms with Crippen LogP contribution in [-0.2, 0) is 0 Å². The van der Waals surface area contributed by atoms with Gasteiger partial charge >= 0.3 is 0 Å². The molecule has 4 heterocycles. The van der Waals surface area contributed by atoms with E-state index in [1.165, 1.54) is 21.8 Å². The lowest BCUT2D eigenvalue weighted by Crippen LogP contribution is -2.04. The molecule has 53 heavy (non-hydrogen) atoms. The lowest BCUT2D eigenvalue weighted by atomic mass is 10.1. The van der Waals surface area contributed by atoms with Gasteiger partial charge in [0.2, 0.25) is 0 Å². The van der Waals surface area contributed by atoms with Crippen LogP contribution in [0.25, 0.3) is 110 Å². The van der Waals surface area contributed by atoms with Crippen molar-refractivity contribution >= 4 is 87.4 Å². The number of hydrogen-bond acceptors (Lipinski definition) is 3. The molecule has 0 aliphatic rings. The van der Waals surface area contributed by atoms with E-state index in [0.717, 1.165) is 88.3 Å². The van der Waals surface area contributed by atoms with Gasteiger partial charge in [0, 0.05) is 37.9 Å². The zero-order valence-corrected chi connectivity index (χ0v) is 28.4. The SMILES string of the molecule is c1ccc(-c2nc3c(ccc4ccccc43)nc2-n2c3cccc(-n4c5ccccc5c5ccccc54)c3c3ccc4oc5ccccc5c4c32)cc1. The lowest BCUT2D eigenvalue weighted by Gasteiger charge is -2.15. The molecule has 4 aromatic heterocycles. The molecular weight excluding hydrogens is 649 g/mol. The summed E-state index contributed by atoms with van der Waals surface area (Å²) in [5.41, 5.74) is 10.8. The molecule has 0 aliphatic carbocycles. The molecule has 0 atom stereocenters. The molecule has 0 spiro atoms. The van der Waals surface area contributed by atoms with Crippen molar-refractivity contribution in [1.29, 1.82) is 0 Å². The average Bonchev–Trinajstić information content (AvgIpc) is 3.88. The summed E-state index contributed by atoms with van der Waals surface area (Å²) in [4.78, 5) is 11.1. The summed E-state index contributed by atoms with van der Waals surface area (Å²) in [6.45, 7) is 0. The van der Waals surface area contributed by atoms with Crippen molar-refractivity contribution in [1.82, 2.24) is 19.1 Å². The smallest absolute Gasteiger partial charge is 0.165 e. The van der Waals surface area contributed by atoms with Crippen LogP contribution in [0, 0.1) is 0 Å². The van der Waals surface area contributed by atoms with Crippen molar-refractivity contribution < 1.29 is 4.42 Å². The van der Waals surface area contributed by atoms with Crippen LogP contribution in [0.5, 0.6) is 0 Å². The molecule has 12 aromatic rings. The Kier molecular flexibility index (Phi) is 5.71. The van der Waals surface area contributed by atoms with Gasteiger partial charge in [-0.05, 0) is 53.9 Å². The molecular formula is C48H28N4O. The molecule has 0 saturated heterocycles. The number of nitrogens with zero attached hydrogens (tertiary/aromatic N) is 4. The molecule has 0 radical (unpaired) electrons. The highest BCUT2D eigenvalue weighted by atomic mass is 16.3. The third kappa shape index (κ3) is 3.91. The largest absolute Gasteiger partial charge is 0.456 e. The maximum atomic E-state index is 6.54. The molecule has 12 rings (SSSR count). The Hall–Kier alpha value is -7.24. The fraction of sp³-hybridized carbons (Fsp3) is 0. The highest BCUT2D eigenvalue weighted by Crippen LogP contribution is 2.45. The normalized spacial score (nSPS) is 12.2. The number of benzene rings is 8. The summed E-state index contributed by atoms with van der Waals surface area (Å²) in [6, 6.07) is 59.8. The fourth-order valence-electron chi connectivity index (χ4n) is 8.66. The van der Waals surface area contributed by atoms with E-state index in [-0.39, 0.29) is 0 Å². The van der Waals surface area contributed by atoms with Crippen molar-refractivity contribution in [3.05, 3.63) is 170 Å². The van der Waals surface area contributed by atoms with Crippen LogP contribution >= 0.6 is 0 Å². The van der Waals surface area contributed by atoms with Crippen molar-refractivity contribution in [2.75, 3.05) is 0 Å². The van der Waals surface area contributed by atoms with Gasteiger partial charge in [0.25, 0.3) is 0 Å². The van der Waals surface area contributed by atoms with Crippen LogP contribution in [0.15, 0.2) is 174 Å². The summed E-state index contributed by atoms with van der Waals surface area (Å²) in [5.74, 6) is 0.774. The number of furan rings is 1. The second-order valence-electron chi connectivity index (χ2n) is 13.7. The van der Waals surface area contributed by atoms with Crippen molar-refractivity contribution in [3.63, 3.8) is 0 Å². The molecule has 8 aromatic carbocycles. The lowest BCUT2D eigenvalue weighted by molar-refractivity contribution is 0.669. The van der Waals surface area contributed by atoms with E-state index in [0.29, 0.717) is 0 Å². The molecule has 0 amide bonds. The minimum atomic E-state index is 0.774. The van der Waals surface area contributed by atoms with Gasteiger partial charge in [0.15, 0.2) is 5.82 Å². The topological polar surface area (TPSA) is 48.8 Å². The summed E-state index contributed by atoms with van der Waals surface area (Å²) < 4.78 is 11.3. The van der Waals surface area contributed by atoms with E-state index in [2.05, 4.69) is 161 Å². The first-order valence-corrected chi connectivity index (χ1v) is 17.9. The van der Waals surface area contributed by atoms with Gasteiger partial charge in [-0.3, -0.25) is 4.57 Å². The number of hydrogen-bond donors (Lipinski definition) is 0. The Morgan fingerprint density at radius 3 is 1.91 bits per heavy atom. The third-order valence-corrected chi connectivity index (χ3v) is 10.9. The Balaban J connectivity index is 1.31. The molecule has 0 N–H and O–H groups in total. The average molecular weight is 677 g/mol. The Labute approximate surface area is 302 Å². The fourth-order valence-corrected chi connectivity index (χ4v) is 8.66. The Morgan fingerprint density at radius 2 is 1.09 bits per heavy atom. The minimum absolute atomic E-state index is 0.774. The predicted molar refractivity (Wildman–Crippen MR) is 218 cm³/mol. The second kappa shape index (κ2) is 10.6.